The standard InChI is InChI=1S/C18H20O2/c1-13-15(7-5-9-17(13)19-3)11-12-16-8-6-10-18(20-4)14(16)2/h5-12H,1-4H3/b12-11+. The molecule has 0 N–H and O–H groups in total. The summed E-state index contributed by atoms with van der Waals surface area (Å²) < 4.78 is 10.7. The van der Waals surface area contributed by atoms with Gasteiger partial charge in [-0.25, -0.2) is 0 Å². The third-order valence-electron chi connectivity index (χ3n) is 3.53. The van der Waals surface area contributed by atoms with E-state index in [0.29, 0.717) is 0 Å². The number of hydrogen-bond acceptors (Lipinski definition) is 2. The average molecular weight is 268 g/mol. The fourth-order valence-corrected chi connectivity index (χ4v) is 2.25. The molecule has 0 saturated heterocycles. The number of methoxy groups -OCH3 is 2. The molecule has 0 saturated carbocycles. The summed E-state index contributed by atoms with van der Waals surface area (Å²) >= 11 is 0. The third kappa shape index (κ3) is 2.85. The molecule has 20 heavy (non-hydrogen) atoms. The van der Waals surface area contributed by atoms with Gasteiger partial charge in [0.1, 0.15) is 11.5 Å². The van der Waals surface area contributed by atoms with Crippen LogP contribution in [0.2, 0.25) is 0 Å². The van der Waals surface area contributed by atoms with Gasteiger partial charge in [-0.15, -0.1) is 0 Å². The van der Waals surface area contributed by atoms with Crippen LogP contribution in [-0.2, 0) is 0 Å². The molecule has 0 spiro atoms. The van der Waals surface area contributed by atoms with Crippen molar-refractivity contribution in [3.63, 3.8) is 0 Å². The number of ether oxygens (including phenoxy) is 2. The topological polar surface area (TPSA) is 18.5 Å². The first-order chi connectivity index (χ1) is 9.67. The zero-order valence-corrected chi connectivity index (χ0v) is 12.4. The molecule has 2 aromatic rings. The van der Waals surface area contributed by atoms with Gasteiger partial charge in [0.05, 0.1) is 14.2 Å². The van der Waals surface area contributed by atoms with Crippen molar-refractivity contribution >= 4 is 12.2 Å². The van der Waals surface area contributed by atoms with Crippen molar-refractivity contribution in [2.24, 2.45) is 0 Å². The molecule has 0 heterocycles. The predicted molar refractivity (Wildman–Crippen MR) is 84.4 cm³/mol. The highest BCUT2D eigenvalue weighted by Crippen LogP contribution is 2.25. The number of hydrogen-bond donors (Lipinski definition) is 0. The predicted octanol–water partition coefficient (Wildman–Crippen LogP) is 4.49. The van der Waals surface area contributed by atoms with Crippen LogP contribution in [0.4, 0.5) is 0 Å². The zero-order valence-electron chi connectivity index (χ0n) is 12.4. The second kappa shape index (κ2) is 6.29. The maximum atomic E-state index is 5.34. The summed E-state index contributed by atoms with van der Waals surface area (Å²) in [6.45, 7) is 4.13. The van der Waals surface area contributed by atoms with Gasteiger partial charge >= 0.3 is 0 Å². The van der Waals surface area contributed by atoms with Crippen LogP contribution in [0.1, 0.15) is 22.3 Å². The van der Waals surface area contributed by atoms with Crippen LogP contribution < -0.4 is 9.47 Å². The van der Waals surface area contributed by atoms with E-state index in [1.165, 1.54) is 0 Å². The molecule has 104 valence electrons. The monoisotopic (exact) mass is 268 g/mol. The Bertz CT molecular complexity index is 572. The van der Waals surface area contributed by atoms with E-state index in [-0.39, 0.29) is 0 Å². The largest absolute Gasteiger partial charge is 0.496 e. The molecule has 0 fully saturated rings. The van der Waals surface area contributed by atoms with Crippen LogP contribution in [0, 0.1) is 13.8 Å². The molecule has 0 aromatic heterocycles. The molecule has 0 unspecified atom stereocenters. The van der Waals surface area contributed by atoms with Crippen molar-refractivity contribution in [3.05, 3.63) is 58.7 Å². The van der Waals surface area contributed by atoms with Crippen LogP contribution in [0.3, 0.4) is 0 Å². The fraction of sp³-hybridized carbons (Fsp3) is 0.222. The van der Waals surface area contributed by atoms with E-state index in [1.54, 1.807) is 14.2 Å². The van der Waals surface area contributed by atoms with Gasteiger partial charge in [-0.1, -0.05) is 36.4 Å². The Hall–Kier alpha value is -2.22. The van der Waals surface area contributed by atoms with Crippen molar-refractivity contribution in [1.82, 2.24) is 0 Å². The lowest BCUT2D eigenvalue weighted by Gasteiger charge is -2.08. The van der Waals surface area contributed by atoms with Crippen molar-refractivity contribution < 1.29 is 9.47 Å². The minimum Gasteiger partial charge on any atom is -0.496 e. The van der Waals surface area contributed by atoms with E-state index in [4.69, 9.17) is 9.47 Å². The van der Waals surface area contributed by atoms with Crippen molar-refractivity contribution in [2.45, 2.75) is 13.8 Å². The van der Waals surface area contributed by atoms with Gasteiger partial charge in [-0.2, -0.15) is 0 Å². The Morgan fingerprint density at radius 3 is 1.45 bits per heavy atom. The third-order valence-corrected chi connectivity index (χ3v) is 3.53. The number of rotatable bonds is 4. The van der Waals surface area contributed by atoms with Gasteiger partial charge in [-0.05, 0) is 48.2 Å². The van der Waals surface area contributed by atoms with Gasteiger partial charge in [0.25, 0.3) is 0 Å². The van der Waals surface area contributed by atoms with E-state index >= 15 is 0 Å². The molecule has 2 heteroatoms. The van der Waals surface area contributed by atoms with Crippen LogP contribution in [0.15, 0.2) is 36.4 Å². The van der Waals surface area contributed by atoms with Crippen molar-refractivity contribution in [2.75, 3.05) is 14.2 Å². The van der Waals surface area contributed by atoms with Crippen molar-refractivity contribution in [1.29, 1.82) is 0 Å². The maximum absolute atomic E-state index is 5.34. The molecule has 0 amide bonds. The second-order valence-corrected chi connectivity index (χ2v) is 4.68. The average Bonchev–Trinajstić information content (AvgIpc) is 2.47. The first-order valence-corrected chi connectivity index (χ1v) is 6.62. The van der Waals surface area contributed by atoms with Crippen molar-refractivity contribution in [3.8, 4) is 11.5 Å². The SMILES string of the molecule is COc1cccc(/C=C/c2cccc(OC)c2C)c1C. The summed E-state index contributed by atoms with van der Waals surface area (Å²) in [5.41, 5.74) is 4.61. The molecule has 0 atom stereocenters. The quantitative estimate of drug-likeness (QED) is 0.761. The van der Waals surface area contributed by atoms with E-state index in [2.05, 4.69) is 38.1 Å². The summed E-state index contributed by atoms with van der Waals surface area (Å²) in [6.07, 6.45) is 4.22. The summed E-state index contributed by atoms with van der Waals surface area (Å²) in [5.74, 6) is 1.82. The highest BCUT2D eigenvalue weighted by Gasteiger charge is 2.03. The first-order valence-electron chi connectivity index (χ1n) is 6.62. The summed E-state index contributed by atoms with van der Waals surface area (Å²) in [4.78, 5) is 0. The molecule has 0 aliphatic carbocycles. The van der Waals surface area contributed by atoms with Crippen LogP contribution in [0.5, 0.6) is 11.5 Å². The lowest BCUT2D eigenvalue weighted by Crippen LogP contribution is -1.90. The highest BCUT2D eigenvalue weighted by atomic mass is 16.5. The highest BCUT2D eigenvalue weighted by molar-refractivity contribution is 5.74. The molecule has 2 nitrogen and oxygen atoms in total. The number of benzene rings is 2. The molecule has 2 rings (SSSR count). The Labute approximate surface area is 120 Å². The van der Waals surface area contributed by atoms with Gasteiger partial charge in [-0.3, -0.25) is 0 Å². The molecule has 0 bridgehead atoms. The zero-order chi connectivity index (χ0) is 14.5. The smallest absolute Gasteiger partial charge is 0.122 e. The van der Waals surface area contributed by atoms with E-state index < -0.39 is 0 Å². The molecule has 0 radical (unpaired) electrons. The maximum Gasteiger partial charge on any atom is 0.122 e. The Morgan fingerprint density at radius 1 is 0.700 bits per heavy atom. The summed E-state index contributed by atoms with van der Waals surface area (Å²) in [7, 11) is 3.39. The summed E-state index contributed by atoms with van der Waals surface area (Å²) in [6, 6.07) is 12.1. The van der Waals surface area contributed by atoms with Crippen LogP contribution in [0.25, 0.3) is 12.2 Å². The minimum atomic E-state index is 0.912. The van der Waals surface area contributed by atoms with E-state index in [9.17, 15) is 0 Å². The summed E-state index contributed by atoms with van der Waals surface area (Å²) in [5, 5.41) is 0. The lowest BCUT2D eigenvalue weighted by atomic mass is 10.0. The Kier molecular flexibility index (Phi) is 4.46. The van der Waals surface area contributed by atoms with Gasteiger partial charge < -0.3 is 9.47 Å². The Balaban J connectivity index is 2.35. The van der Waals surface area contributed by atoms with Crippen LogP contribution >= 0.6 is 0 Å². The van der Waals surface area contributed by atoms with Crippen LogP contribution in [-0.4, -0.2) is 14.2 Å². The Morgan fingerprint density at radius 2 is 1.10 bits per heavy atom. The second-order valence-electron chi connectivity index (χ2n) is 4.68. The molecule has 0 aliphatic heterocycles. The molecular weight excluding hydrogens is 248 g/mol. The lowest BCUT2D eigenvalue weighted by molar-refractivity contribution is 0.411. The van der Waals surface area contributed by atoms with E-state index in [0.717, 1.165) is 33.8 Å². The van der Waals surface area contributed by atoms with Gasteiger partial charge in [0, 0.05) is 0 Å². The fourth-order valence-electron chi connectivity index (χ4n) is 2.25. The van der Waals surface area contributed by atoms with Gasteiger partial charge in [0.2, 0.25) is 0 Å². The molecule has 2 aromatic carbocycles. The molecule has 0 aliphatic rings. The normalized spacial score (nSPS) is 10.8. The van der Waals surface area contributed by atoms with Gasteiger partial charge in [0.15, 0.2) is 0 Å². The minimum absolute atomic E-state index is 0.912. The molecular formula is C18H20O2. The first kappa shape index (κ1) is 14.2. The van der Waals surface area contributed by atoms with E-state index in [1.807, 2.05) is 24.3 Å².